The van der Waals surface area contributed by atoms with Crippen molar-refractivity contribution in [2.45, 2.75) is 24.5 Å². The number of benzene rings is 2. The summed E-state index contributed by atoms with van der Waals surface area (Å²) >= 11 is 0. The Labute approximate surface area is 164 Å². The van der Waals surface area contributed by atoms with Crippen molar-refractivity contribution in [3.05, 3.63) is 83.9 Å². The highest BCUT2D eigenvalue weighted by molar-refractivity contribution is 5.87. The number of fused-ring (bicyclic) bond motifs is 2. The number of ether oxygens (including phenoxy) is 1. The molecule has 2 N–H and O–H groups in total. The average Bonchev–Trinajstić information content (AvgIpc) is 3.34. The number of hydrogen-bond donors (Lipinski definition) is 2. The molecule has 2 heterocycles. The van der Waals surface area contributed by atoms with Crippen LogP contribution in [0.15, 0.2) is 72.8 Å². The molecule has 0 aromatic heterocycles. The number of carboxylic acid groups (broad SMARTS) is 1. The van der Waals surface area contributed by atoms with Crippen molar-refractivity contribution < 1.29 is 19.4 Å². The summed E-state index contributed by atoms with van der Waals surface area (Å²) in [5.41, 5.74) is 2.38. The maximum absolute atomic E-state index is 12.7. The fourth-order valence-electron chi connectivity index (χ4n) is 4.27. The quantitative estimate of drug-likeness (QED) is 0.728. The summed E-state index contributed by atoms with van der Waals surface area (Å²) < 4.78 is 5.59. The van der Waals surface area contributed by atoms with Gasteiger partial charge in [-0.1, -0.05) is 72.8 Å². The Kier molecular flexibility index (Phi) is 5.26. The maximum Gasteiger partial charge on any atom is 0.310 e. The lowest BCUT2D eigenvalue weighted by molar-refractivity contribution is -0.146. The molecule has 0 unspecified atom stereocenters. The number of hydrogen-bond acceptors (Lipinski definition) is 3. The molecule has 1 fully saturated rings. The van der Waals surface area contributed by atoms with Crippen molar-refractivity contribution in [2.24, 2.45) is 11.8 Å². The Balaban J connectivity index is 1.43. The fourth-order valence-corrected chi connectivity index (χ4v) is 4.27. The summed E-state index contributed by atoms with van der Waals surface area (Å²) in [6, 6.07) is 20.4. The predicted octanol–water partition coefficient (Wildman–Crippen LogP) is 2.98. The van der Waals surface area contributed by atoms with Crippen LogP contribution in [0, 0.1) is 11.8 Å². The van der Waals surface area contributed by atoms with Crippen LogP contribution in [0.4, 0.5) is 0 Å². The van der Waals surface area contributed by atoms with Gasteiger partial charge >= 0.3 is 5.97 Å². The molecule has 5 heteroatoms. The SMILES string of the molecule is O=C(O)[C@@H]1[C@H](C(=O)NCCC(c2ccccc2)c2ccccc2)[C@@H]2C=C[C@@H]1O2. The van der Waals surface area contributed by atoms with Gasteiger partial charge in [0.15, 0.2) is 0 Å². The minimum atomic E-state index is -0.983. The molecule has 5 nitrogen and oxygen atoms in total. The number of nitrogens with one attached hydrogen (secondary N) is 1. The lowest BCUT2D eigenvalue weighted by Gasteiger charge is -2.22. The summed E-state index contributed by atoms with van der Waals surface area (Å²) in [4.78, 5) is 24.3. The second kappa shape index (κ2) is 7.98. The van der Waals surface area contributed by atoms with Crippen LogP contribution in [0.3, 0.4) is 0 Å². The van der Waals surface area contributed by atoms with E-state index in [1.165, 1.54) is 11.1 Å². The molecular weight excluding hydrogens is 354 g/mol. The zero-order valence-corrected chi connectivity index (χ0v) is 15.4. The van der Waals surface area contributed by atoms with Crippen LogP contribution >= 0.6 is 0 Å². The van der Waals surface area contributed by atoms with Crippen molar-refractivity contribution in [1.82, 2.24) is 5.32 Å². The van der Waals surface area contributed by atoms with Gasteiger partial charge in [0.2, 0.25) is 5.91 Å². The molecule has 2 bridgehead atoms. The fraction of sp³-hybridized carbons (Fsp3) is 0.304. The van der Waals surface area contributed by atoms with Gasteiger partial charge < -0.3 is 15.2 Å². The summed E-state index contributed by atoms with van der Waals surface area (Å²) in [5, 5.41) is 12.4. The molecule has 4 atom stereocenters. The smallest absolute Gasteiger partial charge is 0.310 e. The minimum absolute atomic E-state index is 0.161. The lowest BCUT2D eigenvalue weighted by atomic mass is 9.82. The highest BCUT2D eigenvalue weighted by atomic mass is 16.5. The van der Waals surface area contributed by atoms with Crippen LogP contribution in [0.1, 0.15) is 23.5 Å². The van der Waals surface area contributed by atoms with Crippen LogP contribution in [-0.4, -0.2) is 35.7 Å². The van der Waals surface area contributed by atoms with E-state index in [1.54, 1.807) is 12.2 Å². The van der Waals surface area contributed by atoms with E-state index in [4.69, 9.17) is 4.74 Å². The van der Waals surface area contributed by atoms with Gasteiger partial charge in [-0.3, -0.25) is 9.59 Å². The minimum Gasteiger partial charge on any atom is -0.481 e. The normalized spacial score (nSPS) is 25.2. The van der Waals surface area contributed by atoms with Gasteiger partial charge in [0.05, 0.1) is 18.1 Å². The highest BCUT2D eigenvalue weighted by Crippen LogP contribution is 2.39. The van der Waals surface area contributed by atoms with Crippen LogP contribution in [-0.2, 0) is 14.3 Å². The Hall–Kier alpha value is -2.92. The first-order chi connectivity index (χ1) is 13.6. The van der Waals surface area contributed by atoms with E-state index in [9.17, 15) is 14.7 Å². The van der Waals surface area contributed by atoms with Crippen LogP contribution in [0.25, 0.3) is 0 Å². The third-order valence-electron chi connectivity index (χ3n) is 5.62. The number of rotatable bonds is 7. The first-order valence-corrected chi connectivity index (χ1v) is 9.59. The van der Waals surface area contributed by atoms with Gasteiger partial charge in [-0.15, -0.1) is 0 Å². The lowest BCUT2D eigenvalue weighted by Crippen LogP contribution is -2.42. The number of carbonyl (C=O) groups is 2. The topological polar surface area (TPSA) is 75.6 Å². The Bertz CT molecular complexity index is 825. The summed E-state index contributed by atoms with van der Waals surface area (Å²) in [6.07, 6.45) is 3.33. The van der Waals surface area contributed by atoms with Gasteiger partial charge in [-0.2, -0.15) is 0 Å². The summed E-state index contributed by atoms with van der Waals surface area (Å²) in [6.45, 7) is 0.469. The van der Waals surface area contributed by atoms with Crippen molar-refractivity contribution in [3.8, 4) is 0 Å². The second-order valence-corrected chi connectivity index (χ2v) is 7.29. The molecule has 0 spiro atoms. The zero-order valence-electron chi connectivity index (χ0n) is 15.4. The van der Waals surface area contributed by atoms with E-state index < -0.39 is 30.0 Å². The van der Waals surface area contributed by atoms with Crippen molar-refractivity contribution >= 4 is 11.9 Å². The summed E-state index contributed by atoms with van der Waals surface area (Å²) in [5.74, 6) is -2.55. The maximum atomic E-state index is 12.7. The van der Waals surface area contributed by atoms with Gasteiger partial charge in [-0.05, 0) is 17.5 Å². The van der Waals surface area contributed by atoms with Crippen LogP contribution in [0.2, 0.25) is 0 Å². The molecule has 0 radical (unpaired) electrons. The third kappa shape index (κ3) is 3.58. The largest absolute Gasteiger partial charge is 0.481 e. The van der Waals surface area contributed by atoms with E-state index in [2.05, 4.69) is 29.6 Å². The second-order valence-electron chi connectivity index (χ2n) is 7.29. The molecule has 1 amide bonds. The van der Waals surface area contributed by atoms with E-state index in [1.807, 2.05) is 36.4 Å². The Morgan fingerprint density at radius 1 is 0.893 bits per heavy atom. The van der Waals surface area contributed by atoms with E-state index in [-0.39, 0.29) is 11.8 Å². The first-order valence-electron chi connectivity index (χ1n) is 9.59. The highest BCUT2D eigenvalue weighted by Gasteiger charge is 2.53. The van der Waals surface area contributed by atoms with E-state index in [0.29, 0.717) is 6.54 Å². The Morgan fingerprint density at radius 2 is 1.43 bits per heavy atom. The Morgan fingerprint density at radius 3 is 1.96 bits per heavy atom. The number of carboxylic acids is 1. The molecule has 2 aromatic rings. The number of aliphatic carboxylic acids is 1. The van der Waals surface area contributed by atoms with Crippen LogP contribution in [0.5, 0.6) is 0 Å². The molecule has 4 rings (SSSR count). The molecule has 2 aliphatic rings. The van der Waals surface area contributed by atoms with Crippen molar-refractivity contribution in [2.75, 3.05) is 6.54 Å². The molecular formula is C23H23NO4. The zero-order chi connectivity index (χ0) is 19.5. The molecule has 2 aliphatic heterocycles. The van der Waals surface area contributed by atoms with Crippen molar-refractivity contribution in [3.63, 3.8) is 0 Å². The number of amides is 1. The monoisotopic (exact) mass is 377 g/mol. The van der Waals surface area contributed by atoms with Gasteiger partial charge in [0, 0.05) is 12.5 Å². The third-order valence-corrected chi connectivity index (χ3v) is 5.62. The van der Waals surface area contributed by atoms with Gasteiger partial charge in [-0.25, -0.2) is 0 Å². The molecule has 0 saturated carbocycles. The van der Waals surface area contributed by atoms with Crippen molar-refractivity contribution in [1.29, 1.82) is 0 Å². The predicted molar refractivity (Wildman–Crippen MR) is 105 cm³/mol. The molecule has 28 heavy (non-hydrogen) atoms. The van der Waals surface area contributed by atoms with Gasteiger partial charge in [0.25, 0.3) is 0 Å². The summed E-state index contributed by atoms with van der Waals surface area (Å²) in [7, 11) is 0. The van der Waals surface area contributed by atoms with Gasteiger partial charge in [0.1, 0.15) is 5.92 Å². The van der Waals surface area contributed by atoms with E-state index >= 15 is 0 Å². The molecule has 2 aromatic carbocycles. The average molecular weight is 377 g/mol. The van der Waals surface area contributed by atoms with E-state index in [0.717, 1.165) is 6.42 Å². The molecule has 144 valence electrons. The molecule has 1 saturated heterocycles. The number of carbonyl (C=O) groups excluding carboxylic acids is 1. The first kappa shape index (κ1) is 18.4. The standard InChI is InChI=1S/C23H23NO4/c25-22(20-18-11-12-19(28-18)21(20)23(26)27)24-14-13-17(15-7-3-1-4-8-15)16-9-5-2-6-10-16/h1-12,17-21H,13-14H2,(H,24,25)(H,26,27)/t18-,19-,20+,21-/m0/s1. The van der Waals surface area contributed by atoms with Crippen LogP contribution < -0.4 is 5.32 Å². The molecule has 0 aliphatic carbocycles.